The fourth-order valence-corrected chi connectivity index (χ4v) is 2.95. The minimum atomic E-state index is -0.285. The fraction of sp³-hybridized carbons (Fsp3) is 0.312. The first-order chi connectivity index (χ1) is 10.2. The Morgan fingerprint density at radius 2 is 2.43 bits per heavy atom. The third-order valence-electron chi connectivity index (χ3n) is 3.72. The highest BCUT2D eigenvalue weighted by Crippen LogP contribution is 2.27. The largest absolute Gasteiger partial charge is 0.376 e. The molecule has 1 unspecified atom stereocenters. The zero-order valence-corrected chi connectivity index (χ0v) is 12.2. The predicted octanol–water partition coefficient (Wildman–Crippen LogP) is 2.22. The molecular formula is C16H15ClN2O2. The maximum atomic E-state index is 12.5. The molecule has 1 aromatic heterocycles. The summed E-state index contributed by atoms with van der Waals surface area (Å²) in [5.74, 6) is 2.61. The van der Waals surface area contributed by atoms with E-state index in [1.165, 1.54) is 0 Å². The average molecular weight is 303 g/mol. The zero-order chi connectivity index (χ0) is 14.8. The van der Waals surface area contributed by atoms with Crippen molar-refractivity contribution in [3.63, 3.8) is 0 Å². The number of hydrogen-bond acceptors (Lipinski definition) is 2. The normalized spacial score (nSPS) is 18.7. The second-order valence-corrected chi connectivity index (χ2v) is 5.40. The lowest BCUT2D eigenvalue weighted by molar-refractivity contribution is -0.136. The van der Waals surface area contributed by atoms with E-state index in [9.17, 15) is 4.79 Å². The summed E-state index contributed by atoms with van der Waals surface area (Å²) in [5.41, 5.74) is 1.82. The van der Waals surface area contributed by atoms with Gasteiger partial charge in [0, 0.05) is 23.6 Å². The van der Waals surface area contributed by atoms with Gasteiger partial charge in [-0.25, -0.2) is 0 Å². The smallest absolute Gasteiger partial charge is 0.228 e. The molecule has 1 saturated heterocycles. The first-order valence-corrected chi connectivity index (χ1v) is 7.16. The Kier molecular flexibility index (Phi) is 3.87. The van der Waals surface area contributed by atoms with Gasteiger partial charge in [0.1, 0.15) is 6.04 Å². The van der Waals surface area contributed by atoms with Gasteiger partial charge in [0.2, 0.25) is 5.91 Å². The molecule has 0 bridgehead atoms. The number of amides is 1. The number of aromatic amines is 1. The van der Waals surface area contributed by atoms with Crippen molar-refractivity contribution in [3.8, 4) is 12.3 Å². The van der Waals surface area contributed by atoms with Gasteiger partial charge in [-0.15, -0.1) is 6.42 Å². The van der Waals surface area contributed by atoms with Gasteiger partial charge in [0.05, 0.1) is 24.7 Å². The highest BCUT2D eigenvalue weighted by molar-refractivity contribution is 6.35. The monoisotopic (exact) mass is 302 g/mol. The number of nitrogens with one attached hydrogen (secondary N) is 1. The van der Waals surface area contributed by atoms with Crippen LogP contribution in [0.15, 0.2) is 24.4 Å². The van der Waals surface area contributed by atoms with Gasteiger partial charge in [-0.1, -0.05) is 23.6 Å². The molecule has 0 aliphatic carbocycles. The van der Waals surface area contributed by atoms with E-state index in [-0.39, 0.29) is 18.4 Å². The van der Waals surface area contributed by atoms with Gasteiger partial charge in [0.25, 0.3) is 0 Å². The van der Waals surface area contributed by atoms with Crippen molar-refractivity contribution in [2.75, 3.05) is 19.8 Å². The molecule has 1 aliphatic rings. The second kappa shape index (κ2) is 5.80. The number of carbonyl (C=O) groups is 1. The van der Waals surface area contributed by atoms with Crippen LogP contribution in [0.3, 0.4) is 0 Å². The van der Waals surface area contributed by atoms with E-state index in [1.807, 2.05) is 24.4 Å². The zero-order valence-electron chi connectivity index (χ0n) is 11.4. The minimum absolute atomic E-state index is 0.00192. The number of ether oxygens (including phenoxy) is 1. The number of morpholine rings is 1. The Bertz CT molecular complexity index is 717. The van der Waals surface area contributed by atoms with E-state index >= 15 is 0 Å². The van der Waals surface area contributed by atoms with Crippen LogP contribution in [0, 0.1) is 12.3 Å². The number of rotatable bonds is 2. The predicted molar refractivity (Wildman–Crippen MR) is 82.2 cm³/mol. The fourth-order valence-electron chi connectivity index (χ4n) is 2.65. The number of halogens is 1. The molecule has 0 saturated carbocycles. The molecule has 5 heteroatoms. The molecule has 1 fully saturated rings. The van der Waals surface area contributed by atoms with Gasteiger partial charge < -0.3 is 14.6 Å². The van der Waals surface area contributed by atoms with Crippen molar-refractivity contribution in [2.24, 2.45) is 0 Å². The van der Waals surface area contributed by atoms with Crippen LogP contribution in [-0.2, 0) is 16.0 Å². The number of hydrogen-bond donors (Lipinski definition) is 1. The Hall–Kier alpha value is -1.96. The van der Waals surface area contributed by atoms with Crippen molar-refractivity contribution < 1.29 is 9.53 Å². The SMILES string of the molecule is C#CC1COCCN1C(=O)Cc1c[nH]c2cccc(Cl)c12. The van der Waals surface area contributed by atoms with Crippen molar-refractivity contribution in [1.29, 1.82) is 0 Å². The summed E-state index contributed by atoms with van der Waals surface area (Å²) >= 11 is 6.23. The second-order valence-electron chi connectivity index (χ2n) is 5.00. The third-order valence-corrected chi connectivity index (χ3v) is 4.03. The molecule has 108 valence electrons. The number of fused-ring (bicyclic) bond motifs is 1. The third kappa shape index (κ3) is 2.63. The Morgan fingerprint density at radius 3 is 3.24 bits per heavy atom. The van der Waals surface area contributed by atoms with Crippen molar-refractivity contribution in [1.82, 2.24) is 9.88 Å². The highest BCUT2D eigenvalue weighted by atomic mass is 35.5. The van der Waals surface area contributed by atoms with Crippen LogP contribution in [0.1, 0.15) is 5.56 Å². The quantitative estimate of drug-likeness (QED) is 0.865. The lowest BCUT2D eigenvalue weighted by Gasteiger charge is -2.32. The standard InChI is InChI=1S/C16H15ClN2O2/c1-2-12-10-21-7-6-19(12)15(20)8-11-9-18-14-5-3-4-13(17)16(11)14/h1,3-5,9,12,18H,6-8,10H2. The van der Waals surface area contributed by atoms with E-state index in [1.54, 1.807) is 4.90 Å². The van der Waals surface area contributed by atoms with Crippen LogP contribution >= 0.6 is 11.6 Å². The number of terminal acetylenes is 1. The topological polar surface area (TPSA) is 45.3 Å². The van der Waals surface area contributed by atoms with Crippen molar-refractivity contribution in [2.45, 2.75) is 12.5 Å². The van der Waals surface area contributed by atoms with Crippen LogP contribution < -0.4 is 0 Å². The molecule has 0 radical (unpaired) electrons. The van der Waals surface area contributed by atoms with Crippen molar-refractivity contribution >= 4 is 28.4 Å². The maximum Gasteiger partial charge on any atom is 0.228 e. The van der Waals surface area contributed by atoms with Crippen LogP contribution in [0.4, 0.5) is 0 Å². The summed E-state index contributed by atoms with van der Waals surface area (Å²) in [6, 6.07) is 5.36. The van der Waals surface area contributed by atoms with E-state index in [0.29, 0.717) is 24.8 Å². The van der Waals surface area contributed by atoms with E-state index in [4.69, 9.17) is 22.8 Å². The highest BCUT2D eigenvalue weighted by Gasteiger charge is 2.26. The summed E-state index contributed by atoms with van der Waals surface area (Å²) in [7, 11) is 0. The molecule has 21 heavy (non-hydrogen) atoms. The number of H-pyrrole nitrogens is 1. The maximum absolute atomic E-state index is 12.5. The average Bonchev–Trinajstić information content (AvgIpc) is 2.91. The first kappa shape index (κ1) is 14.0. The molecular weight excluding hydrogens is 288 g/mol. The minimum Gasteiger partial charge on any atom is -0.376 e. The van der Waals surface area contributed by atoms with Crippen LogP contribution in [0.5, 0.6) is 0 Å². The summed E-state index contributed by atoms with van der Waals surface area (Å²) < 4.78 is 5.31. The molecule has 1 aliphatic heterocycles. The Morgan fingerprint density at radius 1 is 1.57 bits per heavy atom. The molecule has 0 spiro atoms. The molecule has 2 aromatic rings. The van der Waals surface area contributed by atoms with Gasteiger partial charge in [0.15, 0.2) is 0 Å². The van der Waals surface area contributed by atoms with Crippen LogP contribution in [0.25, 0.3) is 10.9 Å². The summed E-state index contributed by atoms with van der Waals surface area (Å²) in [4.78, 5) is 17.4. The molecule has 4 nitrogen and oxygen atoms in total. The number of aromatic nitrogens is 1. The lowest BCUT2D eigenvalue weighted by atomic mass is 10.1. The van der Waals surface area contributed by atoms with Crippen LogP contribution in [0.2, 0.25) is 5.02 Å². The number of carbonyl (C=O) groups excluding carboxylic acids is 1. The Balaban J connectivity index is 1.85. The molecule has 3 rings (SSSR count). The molecule has 2 heterocycles. The van der Waals surface area contributed by atoms with E-state index < -0.39 is 0 Å². The number of nitrogens with zero attached hydrogens (tertiary/aromatic N) is 1. The van der Waals surface area contributed by atoms with E-state index in [2.05, 4.69) is 10.9 Å². The van der Waals surface area contributed by atoms with Crippen LogP contribution in [-0.4, -0.2) is 41.6 Å². The van der Waals surface area contributed by atoms with Gasteiger partial charge in [-0.2, -0.15) is 0 Å². The Labute approximate surface area is 128 Å². The lowest BCUT2D eigenvalue weighted by Crippen LogP contribution is -2.48. The summed E-state index contributed by atoms with van der Waals surface area (Å²) in [6.07, 6.45) is 7.58. The molecule has 1 amide bonds. The number of benzene rings is 1. The van der Waals surface area contributed by atoms with Gasteiger partial charge >= 0.3 is 0 Å². The van der Waals surface area contributed by atoms with E-state index in [0.717, 1.165) is 16.5 Å². The van der Waals surface area contributed by atoms with Gasteiger partial charge in [-0.05, 0) is 17.7 Å². The molecule has 1 N–H and O–H groups in total. The van der Waals surface area contributed by atoms with Crippen molar-refractivity contribution in [3.05, 3.63) is 35.0 Å². The van der Waals surface area contributed by atoms with Gasteiger partial charge in [-0.3, -0.25) is 4.79 Å². The summed E-state index contributed by atoms with van der Waals surface area (Å²) in [5, 5.41) is 1.55. The molecule has 1 atom stereocenters. The first-order valence-electron chi connectivity index (χ1n) is 6.78. The summed E-state index contributed by atoms with van der Waals surface area (Å²) in [6.45, 7) is 1.46. The molecule has 1 aromatic carbocycles.